The van der Waals surface area contributed by atoms with E-state index in [9.17, 15) is 4.79 Å². The molecule has 1 aliphatic heterocycles. The lowest BCUT2D eigenvalue weighted by Crippen LogP contribution is -2.30. The van der Waals surface area contributed by atoms with Crippen LogP contribution in [-0.4, -0.2) is 39.3 Å². The minimum absolute atomic E-state index is 0.000250. The van der Waals surface area contributed by atoms with E-state index in [0.717, 1.165) is 28.5 Å². The normalized spacial score (nSPS) is 17.2. The molecule has 5 rings (SSSR count). The molecule has 2 atom stereocenters. The van der Waals surface area contributed by atoms with Crippen molar-refractivity contribution in [3.8, 4) is 5.82 Å². The van der Waals surface area contributed by atoms with Crippen molar-refractivity contribution in [2.24, 2.45) is 0 Å². The predicted octanol–water partition coefficient (Wildman–Crippen LogP) is 4.34. The first-order valence-electron chi connectivity index (χ1n) is 11.5. The molecule has 1 saturated heterocycles. The summed E-state index contributed by atoms with van der Waals surface area (Å²) in [6.45, 7) is 2.02. The minimum Gasteiger partial charge on any atom is -0.375 e. The molecule has 0 saturated carbocycles. The van der Waals surface area contributed by atoms with Gasteiger partial charge in [-0.2, -0.15) is 0 Å². The maximum Gasteiger partial charge on any atom is 0.250 e. The van der Waals surface area contributed by atoms with Crippen molar-refractivity contribution in [3.63, 3.8) is 0 Å². The molecule has 0 aliphatic carbocycles. The van der Waals surface area contributed by atoms with Crippen LogP contribution in [0.25, 0.3) is 5.82 Å². The summed E-state index contributed by atoms with van der Waals surface area (Å²) >= 11 is 5.84. The molecule has 4 heterocycles. The molecule has 182 valence electrons. The van der Waals surface area contributed by atoms with Crippen LogP contribution < -0.4 is 15.5 Å². The third kappa shape index (κ3) is 4.71. The summed E-state index contributed by atoms with van der Waals surface area (Å²) in [5, 5.41) is 6.90. The molecule has 3 aromatic heterocycles. The summed E-state index contributed by atoms with van der Waals surface area (Å²) in [7, 11) is 1.49. The Morgan fingerprint density at radius 2 is 1.92 bits per heavy atom. The molecule has 1 aliphatic rings. The number of hydrogen-bond donors (Lipinski definition) is 2. The van der Waals surface area contributed by atoms with Gasteiger partial charge >= 0.3 is 0 Å². The van der Waals surface area contributed by atoms with E-state index in [1.54, 1.807) is 6.20 Å². The predicted molar refractivity (Wildman–Crippen MR) is 143 cm³/mol. The van der Waals surface area contributed by atoms with Gasteiger partial charge in [0.15, 0.2) is 5.11 Å². The Bertz CT molecular complexity index is 1360. The van der Waals surface area contributed by atoms with E-state index in [1.807, 2.05) is 80.0 Å². The van der Waals surface area contributed by atoms with E-state index < -0.39 is 0 Å². The van der Waals surface area contributed by atoms with Crippen LogP contribution in [0, 0.1) is 6.92 Å². The smallest absolute Gasteiger partial charge is 0.250 e. The molecule has 1 amide bonds. The van der Waals surface area contributed by atoms with Crippen molar-refractivity contribution >= 4 is 34.6 Å². The fraction of sp³-hybridized carbons (Fsp3) is 0.185. The van der Waals surface area contributed by atoms with Crippen molar-refractivity contribution in [3.05, 3.63) is 102 Å². The summed E-state index contributed by atoms with van der Waals surface area (Å²) in [6, 6.07) is 21.3. The standard InChI is InChI=1S/C27H26N6O2S/c1-18-8-13-23(29-16-18)32-15-5-7-22(32)26-25(21-6-3-4-14-28-21)31-27(36)33(26)20-11-9-19(10-12-20)30-24(34)17-35-2/h3-16,25-26H,17H2,1-2H3,(H,30,34)(H,31,36)/t25-,26-/m1/s1. The van der Waals surface area contributed by atoms with Gasteiger partial charge in [-0.3, -0.25) is 9.78 Å². The number of aryl methyl sites for hydroxylation is 1. The number of nitrogens with one attached hydrogen (secondary N) is 2. The molecule has 0 unspecified atom stereocenters. The zero-order valence-corrected chi connectivity index (χ0v) is 20.8. The number of amides is 1. The van der Waals surface area contributed by atoms with Crippen LogP contribution in [0.1, 0.15) is 29.0 Å². The number of hydrogen-bond acceptors (Lipinski definition) is 5. The fourth-order valence-corrected chi connectivity index (χ4v) is 4.76. The Morgan fingerprint density at radius 3 is 2.61 bits per heavy atom. The van der Waals surface area contributed by atoms with Crippen LogP contribution in [0.3, 0.4) is 0 Å². The first-order valence-corrected chi connectivity index (χ1v) is 12.0. The summed E-state index contributed by atoms with van der Waals surface area (Å²) in [5.41, 5.74) is 4.59. The van der Waals surface area contributed by atoms with Crippen molar-refractivity contribution in [2.45, 2.75) is 19.0 Å². The zero-order chi connectivity index (χ0) is 25.1. The zero-order valence-electron chi connectivity index (χ0n) is 20.0. The number of anilines is 2. The fourth-order valence-electron chi connectivity index (χ4n) is 4.41. The van der Waals surface area contributed by atoms with E-state index >= 15 is 0 Å². The second-order valence-electron chi connectivity index (χ2n) is 8.52. The lowest BCUT2D eigenvalue weighted by Gasteiger charge is -2.29. The summed E-state index contributed by atoms with van der Waals surface area (Å²) < 4.78 is 6.98. The molecule has 0 bridgehead atoms. The molecule has 0 radical (unpaired) electrons. The molecule has 9 heteroatoms. The second kappa shape index (κ2) is 10.3. The first-order chi connectivity index (χ1) is 17.5. The number of benzene rings is 1. The van der Waals surface area contributed by atoms with Gasteiger partial charge in [-0.05, 0) is 79.3 Å². The lowest BCUT2D eigenvalue weighted by atomic mass is 10.0. The number of rotatable bonds is 7. The van der Waals surface area contributed by atoms with Crippen molar-refractivity contribution in [1.29, 1.82) is 0 Å². The number of carbonyl (C=O) groups excluding carboxylic acids is 1. The van der Waals surface area contributed by atoms with Gasteiger partial charge in [0.05, 0.1) is 11.7 Å². The van der Waals surface area contributed by atoms with Gasteiger partial charge in [-0.25, -0.2) is 4.98 Å². The molecule has 1 aromatic carbocycles. The molecular weight excluding hydrogens is 472 g/mol. The van der Waals surface area contributed by atoms with Crippen molar-refractivity contribution < 1.29 is 9.53 Å². The average Bonchev–Trinajstić information content (AvgIpc) is 3.50. The van der Waals surface area contributed by atoms with Gasteiger partial charge in [0.2, 0.25) is 5.91 Å². The van der Waals surface area contributed by atoms with Gasteiger partial charge in [0, 0.05) is 42.8 Å². The summed E-state index contributed by atoms with van der Waals surface area (Å²) in [6.07, 6.45) is 5.66. The quantitative estimate of drug-likeness (QED) is 0.367. The molecule has 1 fully saturated rings. The van der Waals surface area contributed by atoms with Gasteiger partial charge in [-0.1, -0.05) is 12.1 Å². The highest BCUT2D eigenvalue weighted by Gasteiger charge is 2.42. The van der Waals surface area contributed by atoms with E-state index in [0.29, 0.717) is 10.8 Å². The summed E-state index contributed by atoms with van der Waals surface area (Å²) in [4.78, 5) is 23.3. The number of aromatic nitrogens is 3. The average molecular weight is 499 g/mol. The van der Waals surface area contributed by atoms with E-state index in [4.69, 9.17) is 17.0 Å². The minimum atomic E-state index is -0.208. The SMILES string of the molecule is COCC(=O)Nc1ccc(N2C(=S)N[C@H](c3ccccn3)[C@H]2c2cccn2-c2ccc(C)cn2)cc1. The van der Waals surface area contributed by atoms with Crippen LogP contribution >= 0.6 is 12.2 Å². The van der Waals surface area contributed by atoms with Crippen LogP contribution in [0.2, 0.25) is 0 Å². The topological polar surface area (TPSA) is 84.3 Å². The maximum absolute atomic E-state index is 11.9. The highest BCUT2D eigenvalue weighted by Crippen LogP contribution is 2.42. The molecule has 36 heavy (non-hydrogen) atoms. The largest absolute Gasteiger partial charge is 0.375 e. The van der Waals surface area contributed by atoms with Crippen LogP contribution in [0.15, 0.2) is 85.3 Å². The van der Waals surface area contributed by atoms with E-state index in [-0.39, 0.29) is 24.6 Å². The molecule has 8 nitrogen and oxygen atoms in total. The molecule has 4 aromatic rings. The Kier molecular flexibility index (Phi) is 6.75. The van der Waals surface area contributed by atoms with Gasteiger partial charge in [0.1, 0.15) is 18.5 Å². The Labute approximate surface area is 215 Å². The lowest BCUT2D eigenvalue weighted by molar-refractivity contribution is -0.119. The monoisotopic (exact) mass is 498 g/mol. The van der Waals surface area contributed by atoms with Crippen LogP contribution in [-0.2, 0) is 9.53 Å². The highest BCUT2D eigenvalue weighted by atomic mass is 32.1. The number of ether oxygens (including phenoxy) is 1. The van der Waals surface area contributed by atoms with Gasteiger partial charge in [-0.15, -0.1) is 0 Å². The highest BCUT2D eigenvalue weighted by molar-refractivity contribution is 7.80. The molecule has 2 N–H and O–H groups in total. The third-order valence-electron chi connectivity index (χ3n) is 6.03. The van der Waals surface area contributed by atoms with Crippen molar-refractivity contribution in [1.82, 2.24) is 19.9 Å². The van der Waals surface area contributed by atoms with E-state index in [1.165, 1.54) is 7.11 Å². The van der Waals surface area contributed by atoms with Crippen LogP contribution in [0.5, 0.6) is 0 Å². The van der Waals surface area contributed by atoms with Crippen LogP contribution in [0.4, 0.5) is 11.4 Å². The Hall–Kier alpha value is -4.08. The van der Waals surface area contributed by atoms with Gasteiger partial charge in [0.25, 0.3) is 0 Å². The van der Waals surface area contributed by atoms with E-state index in [2.05, 4.69) is 36.1 Å². The van der Waals surface area contributed by atoms with Gasteiger partial charge < -0.3 is 24.8 Å². The summed E-state index contributed by atoms with van der Waals surface area (Å²) in [5.74, 6) is 0.620. The number of carbonyl (C=O) groups is 1. The number of nitrogens with zero attached hydrogens (tertiary/aromatic N) is 4. The maximum atomic E-state index is 11.9. The second-order valence-corrected chi connectivity index (χ2v) is 8.91. The molecular formula is C27H26N6O2S. The van der Waals surface area contributed by atoms with Crippen molar-refractivity contribution in [2.75, 3.05) is 23.9 Å². The Balaban J connectivity index is 1.55. The first kappa shape index (κ1) is 23.7. The third-order valence-corrected chi connectivity index (χ3v) is 6.34. The number of pyridine rings is 2. The molecule has 0 spiro atoms. The number of thiocarbonyl (C=S) groups is 1. The Morgan fingerprint density at radius 1 is 1.08 bits per heavy atom. The number of methoxy groups -OCH3 is 1.